The van der Waals surface area contributed by atoms with Crippen molar-refractivity contribution in [3.63, 3.8) is 0 Å². The summed E-state index contributed by atoms with van der Waals surface area (Å²) in [5.74, 6) is -0.664. The molecule has 1 amide bonds. The molecule has 136 valence electrons. The topological polar surface area (TPSA) is 44.4 Å². The Labute approximate surface area is 162 Å². The smallest absolute Gasteiger partial charge is 0.251 e. The molecule has 1 saturated heterocycles. The molecule has 0 bridgehead atoms. The fourth-order valence-corrected chi connectivity index (χ4v) is 3.36. The van der Waals surface area contributed by atoms with Gasteiger partial charge < -0.3 is 15.5 Å². The zero-order valence-corrected chi connectivity index (χ0v) is 15.6. The highest BCUT2D eigenvalue weighted by Crippen LogP contribution is 2.21. The number of nitrogens with zero attached hydrogens (tertiary/aromatic N) is 1. The summed E-state index contributed by atoms with van der Waals surface area (Å²) in [7, 11) is 0. The van der Waals surface area contributed by atoms with Crippen LogP contribution in [0.15, 0.2) is 48.5 Å². The van der Waals surface area contributed by atoms with E-state index in [9.17, 15) is 9.18 Å². The Balaban J connectivity index is 1.50. The normalized spacial score (nSPS) is 14.8. The van der Waals surface area contributed by atoms with E-state index in [4.69, 9.17) is 23.8 Å². The summed E-state index contributed by atoms with van der Waals surface area (Å²) in [5, 5.41) is 7.36. The molecule has 0 spiro atoms. The van der Waals surface area contributed by atoms with Crippen LogP contribution in [0.4, 0.5) is 10.1 Å². The summed E-state index contributed by atoms with van der Waals surface area (Å²) < 4.78 is 13.2. The second-order valence-corrected chi connectivity index (χ2v) is 6.95. The van der Waals surface area contributed by atoms with Crippen molar-refractivity contribution in [3.8, 4) is 0 Å². The quantitative estimate of drug-likeness (QED) is 0.774. The second kappa shape index (κ2) is 8.47. The summed E-state index contributed by atoms with van der Waals surface area (Å²) in [6.45, 7) is 1.45. The Morgan fingerprint density at radius 1 is 1.15 bits per heavy atom. The van der Waals surface area contributed by atoms with Crippen molar-refractivity contribution in [1.82, 2.24) is 10.2 Å². The van der Waals surface area contributed by atoms with Crippen LogP contribution >= 0.6 is 23.8 Å². The highest BCUT2D eigenvalue weighted by atomic mass is 35.5. The number of hydrogen-bond donors (Lipinski definition) is 2. The van der Waals surface area contributed by atoms with Gasteiger partial charge in [0.2, 0.25) is 0 Å². The summed E-state index contributed by atoms with van der Waals surface area (Å²) in [5.41, 5.74) is 1.11. The number of hydrogen-bond acceptors (Lipinski definition) is 2. The molecule has 1 fully saturated rings. The van der Waals surface area contributed by atoms with Crippen molar-refractivity contribution in [2.24, 2.45) is 0 Å². The molecule has 7 heteroatoms. The Morgan fingerprint density at radius 3 is 2.58 bits per heavy atom. The molecule has 2 N–H and O–H groups in total. The predicted molar refractivity (Wildman–Crippen MR) is 106 cm³/mol. The molecule has 2 aromatic carbocycles. The van der Waals surface area contributed by atoms with Gasteiger partial charge in [0.05, 0.1) is 10.7 Å². The first kappa shape index (κ1) is 18.6. The highest BCUT2D eigenvalue weighted by molar-refractivity contribution is 7.80. The molecule has 1 aliphatic heterocycles. The molecule has 0 unspecified atom stereocenters. The molecule has 0 radical (unpaired) electrons. The Morgan fingerprint density at radius 2 is 1.88 bits per heavy atom. The number of likely N-dealkylation sites (tertiary alicyclic amines) is 1. The van der Waals surface area contributed by atoms with Crippen LogP contribution in [0.5, 0.6) is 0 Å². The number of anilines is 1. The van der Waals surface area contributed by atoms with E-state index in [-0.39, 0.29) is 11.9 Å². The first-order chi connectivity index (χ1) is 12.5. The number of rotatable bonds is 3. The lowest BCUT2D eigenvalue weighted by atomic mass is 10.0. The number of carbonyl (C=O) groups is 1. The number of benzene rings is 2. The van der Waals surface area contributed by atoms with E-state index in [1.165, 1.54) is 18.2 Å². The SMILES string of the molecule is O=C(NC1CCN(C(=S)Nc2ccccc2Cl)CC1)c1cccc(F)c1. The zero-order valence-electron chi connectivity index (χ0n) is 14.0. The van der Waals surface area contributed by atoms with E-state index in [0.717, 1.165) is 31.6 Å². The molecule has 2 aromatic rings. The lowest BCUT2D eigenvalue weighted by Gasteiger charge is -2.34. The standard InChI is InChI=1S/C19H19ClFN3OS/c20-16-6-1-2-7-17(16)23-19(26)24-10-8-15(9-11-24)22-18(25)13-4-3-5-14(21)12-13/h1-7,12,15H,8-11H2,(H,22,25)(H,23,26). The third-order valence-electron chi connectivity index (χ3n) is 4.32. The summed E-state index contributed by atoms with van der Waals surface area (Å²) in [6.07, 6.45) is 1.54. The van der Waals surface area contributed by atoms with E-state index >= 15 is 0 Å². The van der Waals surface area contributed by atoms with Gasteiger partial charge in [-0.2, -0.15) is 0 Å². The van der Waals surface area contributed by atoms with E-state index in [2.05, 4.69) is 15.5 Å². The van der Waals surface area contributed by atoms with Crippen LogP contribution < -0.4 is 10.6 Å². The summed E-state index contributed by atoms with van der Waals surface area (Å²) in [4.78, 5) is 14.3. The van der Waals surface area contributed by atoms with Crippen LogP contribution in [0.1, 0.15) is 23.2 Å². The third-order valence-corrected chi connectivity index (χ3v) is 5.01. The van der Waals surface area contributed by atoms with Crippen molar-refractivity contribution >= 4 is 40.5 Å². The Kier molecular flexibility index (Phi) is 6.06. The molecule has 1 heterocycles. The minimum absolute atomic E-state index is 0.0464. The van der Waals surface area contributed by atoms with Crippen LogP contribution in [0.25, 0.3) is 0 Å². The van der Waals surface area contributed by atoms with E-state index < -0.39 is 5.82 Å². The van der Waals surface area contributed by atoms with Gasteiger partial charge in [-0.1, -0.05) is 29.8 Å². The fraction of sp³-hybridized carbons (Fsp3) is 0.263. The van der Waals surface area contributed by atoms with Crippen LogP contribution in [0.2, 0.25) is 5.02 Å². The van der Waals surface area contributed by atoms with Crippen LogP contribution in [0, 0.1) is 5.82 Å². The fourth-order valence-electron chi connectivity index (χ4n) is 2.88. The molecule has 1 aliphatic rings. The van der Waals surface area contributed by atoms with Crippen LogP contribution in [0.3, 0.4) is 0 Å². The van der Waals surface area contributed by atoms with Crippen molar-refractivity contribution in [3.05, 3.63) is 64.9 Å². The molecule has 3 rings (SSSR count). The average molecular weight is 392 g/mol. The molecule has 4 nitrogen and oxygen atoms in total. The molecule has 26 heavy (non-hydrogen) atoms. The lowest BCUT2D eigenvalue weighted by molar-refractivity contribution is 0.0922. The van der Waals surface area contributed by atoms with E-state index in [0.29, 0.717) is 15.7 Å². The van der Waals surface area contributed by atoms with Crippen molar-refractivity contribution in [1.29, 1.82) is 0 Å². The maximum Gasteiger partial charge on any atom is 0.251 e. The molecule has 0 aromatic heterocycles. The van der Waals surface area contributed by atoms with Gasteiger partial charge in [0, 0.05) is 24.7 Å². The monoisotopic (exact) mass is 391 g/mol. The molecule has 0 aliphatic carbocycles. The average Bonchev–Trinajstić information content (AvgIpc) is 2.64. The van der Waals surface area contributed by atoms with Gasteiger partial charge in [0.1, 0.15) is 5.82 Å². The van der Waals surface area contributed by atoms with Crippen molar-refractivity contribution in [2.45, 2.75) is 18.9 Å². The second-order valence-electron chi connectivity index (χ2n) is 6.16. The third kappa shape index (κ3) is 4.71. The van der Waals surface area contributed by atoms with E-state index in [1.807, 2.05) is 18.2 Å². The molecule has 0 saturated carbocycles. The number of thiocarbonyl (C=S) groups is 1. The molecular formula is C19H19ClFN3OS. The number of amides is 1. The van der Waals surface area contributed by atoms with Gasteiger partial charge in [0.25, 0.3) is 5.91 Å². The Bertz CT molecular complexity index is 809. The number of nitrogens with one attached hydrogen (secondary N) is 2. The molecular weight excluding hydrogens is 373 g/mol. The Hall–Kier alpha value is -2.18. The first-order valence-electron chi connectivity index (χ1n) is 8.40. The number of piperidine rings is 1. The van der Waals surface area contributed by atoms with Crippen LogP contribution in [-0.4, -0.2) is 35.1 Å². The number of carbonyl (C=O) groups excluding carboxylic acids is 1. The first-order valence-corrected chi connectivity index (χ1v) is 9.18. The van der Waals surface area contributed by atoms with Gasteiger partial charge in [-0.3, -0.25) is 4.79 Å². The van der Waals surface area contributed by atoms with Gasteiger partial charge >= 0.3 is 0 Å². The van der Waals surface area contributed by atoms with Crippen molar-refractivity contribution < 1.29 is 9.18 Å². The maximum absolute atomic E-state index is 13.2. The number of para-hydroxylation sites is 1. The van der Waals surface area contributed by atoms with Gasteiger partial charge in [0.15, 0.2) is 5.11 Å². The summed E-state index contributed by atoms with van der Waals surface area (Å²) in [6, 6.07) is 13.2. The highest BCUT2D eigenvalue weighted by Gasteiger charge is 2.23. The lowest BCUT2D eigenvalue weighted by Crippen LogP contribution is -2.47. The summed E-state index contributed by atoms with van der Waals surface area (Å²) >= 11 is 11.6. The van der Waals surface area contributed by atoms with E-state index in [1.54, 1.807) is 12.1 Å². The zero-order chi connectivity index (χ0) is 18.5. The van der Waals surface area contributed by atoms with Crippen molar-refractivity contribution in [2.75, 3.05) is 18.4 Å². The van der Waals surface area contributed by atoms with Crippen LogP contribution in [-0.2, 0) is 0 Å². The minimum Gasteiger partial charge on any atom is -0.349 e. The van der Waals surface area contributed by atoms with Gasteiger partial charge in [-0.15, -0.1) is 0 Å². The van der Waals surface area contributed by atoms with Gasteiger partial charge in [-0.05, 0) is 55.4 Å². The molecule has 0 atom stereocenters. The number of halogens is 2. The largest absolute Gasteiger partial charge is 0.349 e. The minimum atomic E-state index is -0.413. The van der Waals surface area contributed by atoms with Gasteiger partial charge in [-0.25, -0.2) is 4.39 Å². The maximum atomic E-state index is 13.2. The predicted octanol–water partition coefficient (Wildman–Crippen LogP) is 4.07.